The van der Waals surface area contributed by atoms with Gasteiger partial charge in [0.1, 0.15) is 5.69 Å². The zero-order valence-electron chi connectivity index (χ0n) is 9.85. The molecule has 0 aliphatic heterocycles. The Morgan fingerprint density at radius 1 is 1.61 bits per heavy atom. The largest absolute Gasteiger partial charge is 0.327 e. The molecule has 1 rings (SSSR count). The molecule has 1 unspecified atom stereocenters. The summed E-state index contributed by atoms with van der Waals surface area (Å²) in [4.78, 5) is 21.9. The third kappa shape index (κ3) is 4.08. The lowest BCUT2D eigenvalue weighted by molar-refractivity contribution is -0.384. The van der Waals surface area contributed by atoms with Gasteiger partial charge >= 0.3 is 0 Å². The van der Waals surface area contributed by atoms with Gasteiger partial charge in [0, 0.05) is 23.0 Å². The molecule has 1 aromatic carbocycles. The number of nitrogens with two attached hydrogens (primary N) is 1. The van der Waals surface area contributed by atoms with E-state index in [1.54, 1.807) is 6.07 Å². The molecule has 7 heteroatoms. The minimum atomic E-state index is -0.542. The Balaban J connectivity index is 2.84. The van der Waals surface area contributed by atoms with Crippen molar-refractivity contribution >= 4 is 33.2 Å². The number of nitrogens with one attached hydrogen (secondary N) is 1. The lowest BCUT2D eigenvalue weighted by atomic mass is 10.1. The molecule has 3 N–H and O–H groups in total. The summed E-state index contributed by atoms with van der Waals surface area (Å²) in [6, 6.07) is 4.22. The van der Waals surface area contributed by atoms with Gasteiger partial charge in [-0.1, -0.05) is 22.9 Å². The van der Waals surface area contributed by atoms with Crippen LogP contribution < -0.4 is 11.1 Å². The first-order valence-electron chi connectivity index (χ1n) is 5.43. The van der Waals surface area contributed by atoms with Crippen molar-refractivity contribution in [2.45, 2.75) is 25.8 Å². The monoisotopic (exact) mass is 315 g/mol. The van der Waals surface area contributed by atoms with Crippen LogP contribution >= 0.6 is 15.9 Å². The van der Waals surface area contributed by atoms with Gasteiger partial charge < -0.3 is 11.1 Å². The minimum Gasteiger partial charge on any atom is -0.327 e. The fraction of sp³-hybridized carbons (Fsp3) is 0.364. The van der Waals surface area contributed by atoms with Crippen molar-refractivity contribution in [3.05, 3.63) is 32.8 Å². The Bertz CT molecular complexity index is 465. The molecule has 0 aliphatic carbocycles. The van der Waals surface area contributed by atoms with Gasteiger partial charge in [0.15, 0.2) is 0 Å². The highest BCUT2D eigenvalue weighted by Crippen LogP contribution is 2.28. The summed E-state index contributed by atoms with van der Waals surface area (Å²) >= 11 is 3.15. The molecule has 98 valence electrons. The molecule has 18 heavy (non-hydrogen) atoms. The molecule has 0 bridgehead atoms. The van der Waals surface area contributed by atoms with E-state index < -0.39 is 4.92 Å². The number of hydrogen-bond donors (Lipinski definition) is 2. The first kappa shape index (κ1) is 14.6. The third-order valence-corrected chi connectivity index (χ3v) is 2.90. The van der Waals surface area contributed by atoms with Crippen molar-refractivity contribution in [2.24, 2.45) is 5.73 Å². The highest BCUT2D eigenvalue weighted by Gasteiger charge is 2.17. The average molecular weight is 316 g/mol. The molecule has 6 nitrogen and oxygen atoms in total. The van der Waals surface area contributed by atoms with Gasteiger partial charge in [0.25, 0.3) is 5.69 Å². The number of hydrogen-bond acceptors (Lipinski definition) is 4. The number of nitro benzene ring substituents is 1. The van der Waals surface area contributed by atoms with Gasteiger partial charge in [-0.15, -0.1) is 0 Å². The maximum Gasteiger partial charge on any atom is 0.293 e. The molecule has 0 aromatic heterocycles. The topological polar surface area (TPSA) is 98.3 Å². The second kappa shape index (κ2) is 6.46. The van der Waals surface area contributed by atoms with E-state index in [9.17, 15) is 14.9 Å². The first-order chi connectivity index (χ1) is 8.43. The van der Waals surface area contributed by atoms with E-state index >= 15 is 0 Å². The molecule has 0 heterocycles. The Kier molecular flexibility index (Phi) is 5.24. The molecule has 0 saturated heterocycles. The van der Waals surface area contributed by atoms with Crippen molar-refractivity contribution in [1.82, 2.24) is 0 Å². The van der Waals surface area contributed by atoms with E-state index in [1.807, 2.05) is 6.92 Å². The van der Waals surface area contributed by atoms with Crippen molar-refractivity contribution in [2.75, 3.05) is 5.32 Å². The number of halogens is 1. The summed E-state index contributed by atoms with van der Waals surface area (Å²) in [7, 11) is 0. The number of amides is 1. The Hall–Kier alpha value is -1.47. The standard InChI is InChI=1S/C11H14BrN3O3/c1-2-8(13)6-11(16)14-9-4-3-7(12)5-10(9)15(17)18/h3-5,8H,2,6,13H2,1H3,(H,14,16). The number of nitrogens with zero attached hydrogens (tertiary/aromatic N) is 1. The van der Waals surface area contributed by atoms with E-state index in [0.717, 1.165) is 0 Å². The van der Waals surface area contributed by atoms with Gasteiger partial charge in [0.2, 0.25) is 5.91 Å². The smallest absolute Gasteiger partial charge is 0.293 e. The lowest BCUT2D eigenvalue weighted by Crippen LogP contribution is -2.26. The van der Waals surface area contributed by atoms with E-state index in [1.165, 1.54) is 12.1 Å². The number of nitro groups is 1. The first-order valence-corrected chi connectivity index (χ1v) is 6.22. The normalized spacial score (nSPS) is 11.9. The van der Waals surface area contributed by atoms with Crippen molar-refractivity contribution in [3.8, 4) is 0 Å². The van der Waals surface area contributed by atoms with Crippen LogP contribution in [0.4, 0.5) is 11.4 Å². The minimum absolute atomic E-state index is 0.143. The molecule has 0 saturated carbocycles. The quantitative estimate of drug-likeness (QED) is 0.644. The highest BCUT2D eigenvalue weighted by molar-refractivity contribution is 9.10. The van der Waals surface area contributed by atoms with Crippen LogP contribution in [0.3, 0.4) is 0 Å². The average Bonchev–Trinajstić information content (AvgIpc) is 2.30. The van der Waals surface area contributed by atoms with E-state index in [4.69, 9.17) is 5.73 Å². The van der Waals surface area contributed by atoms with Crippen molar-refractivity contribution in [1.29, 1.82) is 0 Å². The van der Waals surface area contributed by atoms with Crippen LogP contribution in [0.2, 0.25) is 0 Å². The van der Waals surface area contributed by atoms with E-state index in [2.05, 4.69) is 21.2 Å². The molecule has 1 atom stereocenters. The number of carbonyl (C=O) groups is 1. The zero-order valence-corrected chi connectivity index (χ0v) is 11.4. The molecule has 0 spiro atoms. The number of benzene rings is 1. The van der Waals surface area contributed by atoms with Crippen LogP contribution in [0.5, 0.6) is 0 Å². The number of anilines is 1. The van der Waals surface area contributed by atoms with Crippen molar-refractivity contribution < 1.29 is 9.72 Å². The van der Waals surface area contributed by atoms with Crippen LogP contribution in [0.1, 0.15) is 19.8 Å². The zero-order chi connectivity index (χ0) is 13.7. The molecule has 0 aliphatic rings. The van der Waals surface area contributed by atoms with Gasteiger partial charge in [-0.3, -0.25) is 14.9 Å². The predicted octanol–water partition coefficient (Wildman–Crippen LogP) is 2.42. The molecule has 1 amide bonds. The summed E-state index contributed by atoms with van der Waals surface area (Å²) in [6.07, 6.45) is 0.819. The second-order valence-corrected chi connectivity index (χ2v) is 4.75. The Morgan fingerprint density at radius 3 is 2.83 bits per heavy atom. The van der Waals surface area contributed by atoms with Crippen LogP contribution in [0.25, 0.3) is 0 Å². The summed E-state index contributed by atoms with van der Waals surface area (Å²) < 4.78 is 0.581. The summed E-state index contributed by atoms with van der Waals surface area (Å²) in [5.74, 6) is -0.324. The predicted molar refractivity (Wildman–Crippen MR) is 72.3 cm³/mol. The Morgan fingerprint density at radius 2 is 2.28 bits per heavy atom. The summed E-state index contributed by atoms with van der Waals surface area (Å²) in [5.41, 5.74) is 5.67. The molecule has 1 aromatic rings. The third-order valence-electron chi connectivity index (χ3n) is 2.40. The molecule has 0 radical (unpaired) electrons. The van der Waals surface area contributed by atoms with Gasteiger partial charge in [0.05, 0.1) is 4.92 Å². The molecular formula is C11H14BrN3O3. The fourth-order valence-electron chi connectivity index (χ4n) is 1.35. The number of rotatable bonds is 5. The van der Waals surface area contributed by atoms with Crippen LogP contribution in [0, 0.1) is 10.1 Å². The summed E-state index contributed by atoms with van der Waals surface area (Å²) in [5, 5.41) is 13.3. The fourth-order valence-corrected chi connectivity index (χ4v) is 1.69. The van der Waals surface area contributed by atoms with Crippen LogP contribution in [0.15, 0.2) is 22.7 Å². The Labute approximate surface area is 113 Å². The van der Waals surface area contributed by atoms with E-state index in [0.29, 0.717) is 10.9 Å². The number of carbonyl (C=O) groups excluding carboxylic acids is 1. The van der Waals surface area contributed by atoms with Crippen LogP contribution in [-0.2, 0) is 4.79 Å². The molecular weight excluding hydrogens is 302 g/mol. The second-order valence-electron chi connectivity index (χ2n) is 3.84. The SMILES string of the molecule is CCC(N)CC(=O)Nc1ccc(Br)cc1[N+](=O)[O-]. The van der Waals surface area contributed by atoms with Gasteiger partial charge in [-0.2, -0.15) is 0 Å². The van der Waals surface area contributed by atoms with Crippen LogP contribution in [-0.4, -0.2) is 16.9 Å². The lowest BCUT2D eigenvalue weighted by Gasteiger charge is -2.09. The molecule has 0 fully saturated rings. The maximum absolute atomic E-state index is 11.6. The van der Waals surface area contributed by atoms with Gasteiger partial charge in [-0.05, 0) is 18.6 Å². The van der Waals surface area contributed by atoms with E-state index in [-0.39, 0.29) is 29.7 Å². The summed E-state index contributed by atoms with van der Waals surface area (Å²) in [6.45, 7) is 1.88. The maximum atomic E-state index is 11.6. The highest BCUT2D eigenvalue weighted by atomic mass is 79.9. The van der Waals surface area contributed by atoms with Crippen molar-refractivity contribution in [3.63, 3.8) is 0 Å². The van der Waals surface area contributed by atoms with Gasteiger partial charge in [-0.25, -0.2) is 0 Å².